The number of benzene rings is 2. The number of rotatable bonds is 6. The molecule has 147 valence electrons. The Balaban J connectivity index is 1.34. The van der Waals surface area contributed by atoms with Crippen molar-refractivity contribution in [3.8, 4) is 11.5 Å². The molecule has 1 unspecified atom stereocenters. The number of fused-ring (bicyclic) bond motifs is 1. The van der Waals surface area contributed by atoms with E-state index in [0.717, 1.165) is 42.8 Å². The number of halogens is 1. The second kappa shape index (κ2) is 8.19. The molecule has 1 fully saturated rings. The highest BCUT2D eigenvalue weighted by molar-refractivity contribution is 5.79. The van der Waals surface area contributed by atoms with Crippen LogP contribution in [0.4, 0.5) is 4.39 Å². The Labute approximate surface area is 164 Å². The highest BCUT2D eigenvalue weighted by Crippen LogP contribution is 2.33. The Kier molecular flexibility index (Phi) is 5.48. The average Bonchev–Trinajstić information content (AvgIpc) is 3.15. The Morgan fingerprint density at radius 3 is 2.89 bits per heavy atom. The normalized spacial score (nSPS) is 17.0. The molecule has 2 heterocycles. The minimum absolute atomic E-state index is 0.290. The maximum Gasteiger partial charge on any atom is 0.170 e. The van der Waals surface area contributed by atoms with Crippen LogP contribution in [0.1, 0.15) is 31.4 Å². The van der Waals surface area contributed by atoms with Gasteiger partial charge in [0.25, 0.3) is 0 Å². The molecule has 1 atom stereocenters. The predicted molar refractivity (Wildman–Crippen MR) is 104 cm³/mol. The number of aromatic nitrogens is 1. The van der Waals surface area contributed by atoms with Crippen molar-refractivity contribution in [2.45, 2.75) is 31.7 Å². The van der Waals surface area contributed by atoms with Gasteiger partial charge in [0.1, 0.15) is 12.4 Å². The quantitative estimate of drug-likeness (QED) is 0.631. The lowest BCUT2D eigenvalue weighted by molar-refractivity contribution is 0.115. The predicted octanol–water partition coefficient (Wildman–Crippen LogP) is 4.42. The van der Waals surface area contributed by atoms with Gasteiger partial charge in [-0.1, -0.05) is 11.2 Å². The fourth-order valence-electron chi connectivity index (χ4n) is 3.83. The molecule has 1 aliphatic heterocycles. The Bertz CT molecular complexity index is 934. The van der Waals surface area contributed by atoms with E-state index in [1.165, 1.54) is 12.1 Å². The Hall–Kier alpha value is -2.60. The fourth-order valence-corrected chi connectivity index (χ4v) is 3.83. The van der Waals surface area contributed by atoms with E-state index in [9.17, 15) is 4.39 Å². The van der Waals surface area contributed by atoms with Crippen LogP contribution in [0.25, 0.3) is 11.0 Å². The van der Waals surface area contributed by atoms with E-state index in [2.05, 4.69) is 23.0 Å². The summed E-state index contributed by atoms with van der Waals surface area (Å²) in [5.41, 5.74) is 1.47. The molecule has 1 aliphatic rings. The minimum Gasteiger partial charge on any atom is -0.493 e. The summed E-state index contributed by atoms with van der Waals surface area (Å²) in [6.07, 6.45) is 1.99. The molecule has 4 rings (SSSR count). The van der Waals surface area contributed by atoms with E-state index in [1.54, 1.807) is 19.2 Å². The Morgan fingerprint density at radius 2 is 2.11 bits per heavy atom. The van der Waals surface area contributed by atoms with Gasteiger partial charge in [-0.15, -0.1) is 0 Å². The summed E-state index contributed by atoms with van der Waals surface area (Å²) >= 11 is 0. The van der Waals surface area contributed by atoms with Gasteiger partial charge in [-0.05, 0) is 63.2 Å². The second-order valence-corrected chi connectivity index (χ2v) is 7.26. The van der Waals surface area contributed by atoms with Crippen LogP contribution in [0.3, 0.4) is 0 Å². The minimum atomic E-state index is -0.299. The zero-order valence-corrected chi connectivity index (χ0v) is 16.2. The summed E-state index contributed by atoms with van der Waals surface area (Å²) < 4.78 is 30.0. The molecule has 1 saturated heterocycles. The van der Waals surface area contributed by atoms with Gasteiger partial charge in [0.2, 0.25) is 0 Å². The highest BCUT2D eigenvalue weighted by atomic mass is 19.1. The van der Waals surface area contributed by atoms with E-state index in [-0.39, 0.29) is 11.9 Å². The summed E-state index contributed by atoms with van der Waals surface area (Å²) in [7, 11) is 1.63. The van der Waals surface area contributed by atoms with Crippen molar-refractivity contribution in [1.82, 2.24) is 10.1 Å². The van der Waals surface area contributed by atoms with E-state index in [0.29, 0.717) is 23.9 Å². The summed E-state index contributed by atoms with van der Waals surface area (Å²) in [6.45, 7) is 4.70. The van der Waals surface area contributed by atoms with Crippen molar-refractivity contribution in [1.29, 1.82) is 0 Å². The number of methoxy groups -OCH3 is 1. The smallest absolute Gasteiger partial charge is 0.170 e. The summed E-state index contributed by atoms with van der Waals surface area (Å²) in [5, 5.41) is 5.14. The van der Waals surface area contributed by atoms with Gasteiger partial charge in [-0.25, -0.2) is 4.39 Å². The molecule has 3 aromatic rings. The van der Waals surface area contributed by atoms with Crippen LogP contribution in [-0.2, 0) is 0 Å². The number of piperidine rings is 1. The number of likely N-dealkylation sites (tertiary alicyclic amines) is 1. The Morgan fingerprint density at radius 1 is 1.29 bits per heavy atom. The molecule has 0 amide bonds. The lowest BCUT2D eigenvalue weighted by Crippen LogP contribution is -2.42. The van der Waals surface area contributed by atoms with Crippen LogP contribution in [0.5, 0.6) is 11.5 Å². The molecule has 6 heteroatoms. The number of ether oxygens (including phenoxy) is 2. The summed E-state index contributed by atoms with van der Waals surface area (Å²) in [4.78, 5) is 2.43. The monoisotopic (exact) mass is 383 g/mol. The first-order valence-corrected chi connectivity index (χ1v) is 9.61. The van der Waals surface area contributed by atoms with E-state index >= 15 is 0 Å². The van der Waals surface area contributed by atoms with Crippen molar-refractivity contribution in [2.75, 3.05) is 26.8 Å². The van der Waals surface area contributed by atoms with Gasteiger partial charge in [0.15, 0.2) is 17.1 Å². The summed E-state index contributed by atoms with van der Waals surface area (Å²) in [6, 6.07) is 13.4. The molecule has 0 aliphatic carbocycles. The molecule has 0 bridgehead atoms. The zero-order chi connectivity index (χ0) is 19.5. The van der Waals surface area contributed by atoms with Crippen molar-refractivity contribution in [2.24, 2.45) is 0 Å². The zero-order valence-electron chi connectivity index (χ0n) is 16.2. The van der Waals surface area contributed by atoms with Gasteiger partial charge >= 0.3 is 0 Å². The third-order valence-corrected chi connectivity index (χ3v) is 5.49. The summed E-state index contributed by atoms with van der Waals surface area (Å²) in [5.74, 6) is 1.47. The number of hydrogen-bond acceptors (Lipinski definition) is 5. The molecule has 1 aromatic heterocycles. The van der Waals surface area contributed by atoms with Crippen molar-refractivity contribution in [3.63, 3.8) is 0 Å². The van der Waals surface area contributed by atoms with Crippen LogP contribution in [0.2, 0.25) is 0 Å². The largest absolute Gasteiger partial charge is 0.493 e. The van der Waals surface area contributed by atoms with Crippen LogP contribution >= 0.6 is 0 Å². The lowest BCUT2D eigenvalue weighted by Gasteiger charge is -2.35. The molecule has 0 saturated carbocycles. The standard InChI is InChI=1S/C22H24FN2O3/c1-15(14-27-20-6-4-3-5-19(20)26-2)25-11-9-16(10-12-25)22-18-8-7-17(23)13-21(18)28-24-22/h4-8,13,15-16H,9-12,14H2,1-2H3. The molecular formula is C22H24FN2O3. The van der Waals surface area contributed by atoms with Crippen LogP contribution < -0.4 is 9.47 Å². The maximum atomic E-state index is 13.4. The van der Waals surface area contributed by atoms with Crippen LogP contribution in [-0.4, -0.2) is 42.9 Å². The van der Waals surface area contributed by atoms with Crippen LogP contribution in [0, 0.1) is 11.9 Å². The fraction of sp³-hybridized carbons (Fsp3) is 0.409. The van der Waals surface area contributed by atoms with E-state index in [1.807, 2.05) is 12.1 Å². The van der Waals surface area contributed by atoms with Crippen LogP contribution in [0.15, 0.2) is 40.9 Å². The van der Waals surface area contributed by atoms with Gasteiger partial charge in [0, 0.05) is 23.4 Å². The number of nitrogens with zero attached hydrogens (tertiary/aromatic N) is 2. The SMILES string of the molecule is COc1c[c]ccc1OCC(C)N1CCC(c2noc3cc(F)ccc23)CC1. The maximum absolute atomic E-state index is 13.4. The van der Waals surface area contributed by atoms with Gasteiger partial charge < -0.3 is 14.0 Å². The average molecular weight is 383 g/mol. The molecular weight excluding hydrogens is 359 g/mol. The lowest BCUT2D eigenvalue weighted by atomic mass is 9.91. The first-order chi connectivity index (χ1) is 13.7. The third kappa shape index (κ3) is 3.83. The number of hydrogen-bond donors (Lipinski definition) is 0. The molecule has 5 nitrogen and oxygen atoms in total. The molecule has 0 N–H and O–H groups in total. The van der Waals surface area contributed by atoms with Gasteiger partial charge in [-0.2, -0.15) is 0 Å². The molecule has 2 aromatic carbocycles. The third-order valence-electron chi connectivity index (χ3n) is 5.49. The highest BCUT2D eigenvalue weighted by Gasteiger charge is 2.27. The van der Waals surface area contributed by atoms with Crippen molar-refractivity contribution >= 4 is 11.0 Å². The second-order valence-electron chi connectivity index (χ2n) is 7.26. The van der Waals surface area contributed by atoms with E-state index < -0.39 is 0 Å². The molecule has 1 radical (unpaired) electrons. The van der Waals surface area contributed by atoms with Gasteiger partial charge in [-0.3, -0.25) is 4.90 Å². The molecule has 28 heavy (non-hydrogen) atoms. The van der Waals surface area contributed by atoms with Crippen molar-refractivity contribution in [3.05, 3.63) is 54.0 Å². The molecule has 0 spiro atoms. The van der Waals surface area contributed by atoms with Crippen molar-refractivity contribution < 1.29 is 18.4 Å². The van der Waals surface area contributed by atoms with Gasteiger partial charge in [0.05, 0.1) is 12.8 Å². The van der Waals surface area contributed by atoms with E-state index in [4.69, 9.17) is 14.0 Å². The topological polar surface area (TPSA) is 47.7 Å². The first-order valence-electron chi connectivity index (χ1n) is 9.61. The first kappa shape index (κ1) is 18.7.